The maximum Gasteiger partial charge on any atom is 0.159 e. The van der Waals surface area contributed by atoms with Gasteiger partial charge in [0, 0.05) is 18.0 Å². The molecule has 1 fully saturated rings. The highest BCUT2D eigenvalue weighted by Crippen LogP contribution is 2.38. The fourth-order valence-corrected chi connectivity index (χ4v) is 6.82. The number of hydrogen-bond acceptors (Lipinski definition) is 6. The summed E-state index contributed by atoms with van der Waals surface area (Å²) in [5.41, 5.74) is 1.21. The van der Waals surface area contributed by atoms with Gasteiger partial charge in [0.15, 0.2) is 9.84 Å². The third kappa shape index (κ3) is 2.52. The zero-order chi connectivity index (χ0) is 17.7. The molecule has 0 amide bonds. The summed E-state index contributed by atoms with van der Waals surface area (Å²) in [4.78, 5) is 13.7. The molecule has 0 radical (unpaired) electrons. The van der Waals surface area contributed by atoms with Crippen LogP contribution in [-0.4, -0.2) is 42.0 Å². The normalized spacial score (nSPS) is 19.8. The Balaban J connectivity index is 2.15. The van der Waals surface area contributed by atoms with Crippen LogP contribution in [0.15, 0.2) is 0 Å². The van der Waals surface area contributed by atoms with E-state index in [4.69, 9.17) is 4.98 Å². The minimum absolute atomic E-state index is 0.196. The van der Waals surface area contributed by atoms with Crippen LogP contribution in [0.1, 0.15) is 43.0 Å². The molecule has 0 bridgehead atoms. The van der Waals surface area contributed by atoms with E-state index in [0.717, 1.165) is 21.9 Å². The summed E-state index contributed by atoms with van der Waals surface area (Å²) in [6.07, 6.45) is 1.27. The first-order chi connectivity index (χ1) is 11.2. The molecule has 1 aliphatic rings. The van der Waals surface area contributed by atoms with E-state index < -0.39 is 14.6 Å². The highest BCUT2D eigenvalue weighted by atomic mass is 32.2. The molecule has 0 aromatic carbocycles. The van der Waals surface area contributed by atoms with Crippen molar-refractivity contribution in [2.75, 3.05) is 23.7 Å². The van der Waals surface area contributed by atoms with Gasteiger partial charge in [0.1, 0.15) is 16.5 Å². The van der Waals surface area contributed by atoms with Crippen LogP contribution in [0, 0.1) is 20.8 Å². The lowest BCUT2D eigenvalue weighted by Crippen LogP contribution is -2.56. The molecule has 0 atom stereocenters. The third-order valence-corrected chi connectivity index (χ3v) is 9.33. The van der Waals surface area contributed by atoms with Crippen LogP contribution in [0.4, 0.5) is 5.82 Å². The minimum Gasteiger partial charge on any atom is -0.353 e. The van der Waals surface area contributed by atoms with Crippen molar-refractivity contribution >= 4 is 37.2 Å². The van der Waals surface area contributed by atoms with Gasteiger partial charge >= 0.3 is 0 Å². The Hall–Kier alpha value is -1.21. The molecule has 1 saturated heterocycles. The number of rotatable bonds is 3. The smallest absolute Gasteiger partial charge is 0.159 e. The lowest BCUT2D eigenvalue weighted by molar-refractivity contribution is 0.457. The summed E-state index contributed by atoms with van der Waals surface area (Å²) in [5.74, 6) is 1.84. The predicted molar refractivity (Wildman–Crippen MR) is 101 cm³/mol. The minimum atomic E-state index is -3.08. The first-order valence-corrected chi connectivity index (χ1v) is 10.9. The summed E-state index contributed by atoms with van der Waals surface area (Å²) in [6.45, 7) is 11.1. The first kappa shape index (κ1) is 17.6. The molecule has 0 aliphatic carbocycles. The van der Waals surface area contributed by atoms with Gasteiger partial charge in [0.05, 0.1) is 15.9 Å². The van der Waals surface area contributed by atoms with E-state index in [2.05, 4.69) is 23.7 Å². The number of anilines is 1. The van der Waals surface area contributed by atoms with Crippen LogP contribution in [0.3, 0.4) is 0 Å². The van der Waals surface area contributed by atoms with E-state index in [0.29, 0.717) is 25.9 Å². The summed E-state index contributed by atoms with van der Waals surface area (Å²) >= 11 is 1.69. The summed E-state index contributed by atoms with van der Waals surface area (Å²) in [6, 6.07) is 0. The second-order valence-electron chi connectivity index (χ2n) is 6.69. The average molecular weight is 368 g/mol. The van der Waals surface area contributed by atoms with E-state index in [1.54, 1.807) is 11.3 Å². The van der Waals surface area contributed by atoms with Gasteiger partial charge in [-0.15, -0.1) is 11.3 Å². The highest BCUT2D eigenvalue weighted by molar-refractivity contribution is 7.92. The molecule has 2 aromatic heterocycles. The Morgan fingerprint density at radius 3 is 2.46 bits per heavy atom. The molecule has 2 aromatic rings. The van der Waals surface area contributed by atoms with Gasteiger partial charge in [-0.2, -0.15) is 0 Å². The van der Waals surface area contributed by atoms with Crippen molar-refractivity contribution in [2.45, 2.75) is 52.2 Å². The number of fused-ring (bicyclic) bond motifs is 1. The molecule has 1 aliphatic heterocycles. The number of thiophene rings is 1. The van der Waals surface area contributed by atoms with Gasteiger partial charge in [-0.1, -0.05) is 13.8 Å². The van der Waals surface area contributed by atoms with Crippen molar-refractivity contribution in [1.82, 2.24) is 9.97 Å². The van der Waals surface area contributed by atoms with Gasteiger partial charge in [-0.05, 0) is 39.2 Å². The lowest BCUT2D eigenvalue weighted by Gasteiger charge is -2.42. The Morgan fingerprint density at radius 2 is 1.83 bits per heavy atom. The number of aryl methyl sites for hydroxylation is 3. The number of nitrogens with zero attached hydrogens (tertiary/aromatic N) is 3. The topological polar surface area (TPSA) is 63.2 Å². The van der Waals surface area contributed by atoms with Crippen LogP contribution >= 0.6 is 11.3 Å². The molecule has 0 spiro atoms. The van der Waals surface area contributed by atoms with Crippen LogP contribution in [-0.2, 0) is 9.84 Å². The molecule has 132 valence electrons. The van der Waals surface area contributed by atoms with Crippen molar-refractivity contribution in [1.29, 1.82) is 0 Å². The summed E-state index contributed by atoms with van der Waals surface area (Å²) < 4.78 is 24.7. The zero-order valence-corrected chi connectivity index (χ0v) is 16.6. The SMILES string of the molecule is CCC1(CC)CN(c2nc(C)nc3sc(C)c(C)c23)CCS1(=O)=O. The average Bonchev–Trinajstić information content (AvgIpc) is 2.81. The molecule has 0 N–H and O–H groups in total. The molecule has 7 heteroatoms. The van der Waals surface area contributed by atoms with Gasteiger partial charge in [0.25, 0.3) is 0 Å². The molecular formula is C17H25N3O2S2. The van der Waals surface area contributed by atoms with Crippen LogP contribution in [0.5, 0.6) is 0 Å². The van der Waals surface area contributed by atoms with Crippen molar-refractivity contribution in [3.05, 3.63) is 16.3 Å². The maximum absolute atomic E-state index is 12.7. The first-order valence-electron chi connectivity index (χ1n) is 8.46. The Morgan fingerprint density at radius 1 is 1.17 bits per heavy atom. The van der Waals surface area contributed by atoms with Crippen molar-refractivity contribution < 1.29 is 8.42 Å². The number of aromatic nitrogens is 2. The summed E-state index contributed by atoms with van der Waals surface area (Å²) in [5, 5.41) is 1.09. The van der Waals surface area contributed by atoms with E-state index in [1.165, 1.54) is 10.4 Å². The third-order valence-electron chi connectivity index (χ3n) is 5.48. The second-order valence-corrected chi connectivity index (χ2v) is 10.4. The molecule has 0 saturated carbocycles. The summed E-state index contributed by atoms with van der Waals surface area (Å²) in [7, 11) is -3.08. The van der Waals surface area contributed by atoms with Gasteiger partial charge in [-0.3, -0.25) is 0 Å². The van der Waals surface area contributed by atoms with Gasteiger partial charge in [0.2, 0.25) is 0 Å². The van der Waals surface area contributed by atoms with Crippen molar-refractivity contribution in [3.63, 3.8) is 0 Å². The van der Waals surface area contributed by atoms with Gasteiger partial charge < -0.3 is 4.90 Å². The monoisotopic (exact) mass is 367 g/mol. The van der Waals surface area contributed by atoms with Crippen molar-refractivity contribution in [2.24, 2.45) is 0 Å². The molecular weight excluding hydrogens is 342 g/mol. The Kier molecular flexibility index (Phi) is 4.36. The number of hydrogen-bond donors (Lipinski definition) is 0. The fourth-order valence-electron chi connectivity index (χ4n) is 3.63. The molecule has 0 unspecified atom stereocenters. The predicted octanol–water partition coefficient (Wildman–Crippen LogP) is 3.41. The van der Waals surface area contributed by atoms with Crippen LogP contribution in [0.2, 0.25) is 0 Å². The second kappa shape index (κ2) is 5.95. The van der Waals surface area contributed by atoms with E-state index in [9.17, 15) is 8.42 Å². The van der Waals surface area contributed by atoms with E-state index >= 15 is 0 Å². The van der Waals surface area contributed by atoms with E-state index in [1.807, 2.05) is 20.8 Å². The van der Waals surface area contributed by atoms with Crippen LogP contribution < -0.4 is 4.90 Å². The standard InChI is InChI=1S/C17H25N3O2S2/c1-6-17(7-2)10-20(8-9-24(17,21)22)15-14-11(3)12(4)23-16(14)19-13(5)18-15/h6-10H2,1-5H3. The lowest BCUT2D eigenvalue weighted by atomic mass is 10.0. The molecule has 5 nitrogen and oxygen atoms in total. The Bertz CT molecular complexity index is 883. The molecule has 3 heterocycles. The molecule has 24 heavy (non-hydrogen) atoms. The van der Waals surface area contributed by atoms with Crippen LogP contribution in [0.25, 0.3) is 10.2 Å². The quantitative estimate of drug-likeness (QED) is 0.832. The zero-order valence-electron chi connectivity index (χ0n) is 15.0. The Labute approximate surface area is 148 Å². The maximum atomic E-state index is 12.7. The number of sulfone groups is 1. The van der Waals surface area contributed by atoms with Crippen molar-refractivity contribution in [3.8, 4) is 0 Å². The van der Waals surface area contributed by atoms with Gasteiger partial charge in [-0.25, -0.2) is 18.4 Å². The largest absolute Gasteiger partial charge is 0.353 e. The fraction of sp³-hybridized carbons (Fsp3) is 0.647. The van der Waals surface area contributed by atoms with E-state index in [-0.39, 0.29) is 5.75 Å². The highest BCUT2D eigenvalue weighted by Gasteiger charge is 2.45. The molecule has 3 rings (SSSR count).